The largest absolute Gasteiger partial charge is 0.494 e. The minimum absolute atomic E-state index is 0.00134. The Kier molecular flexibility index (Phi) is 6.34. The normalized spacial score (nSPS) is 13.2. The maximum Gasteiger partial charge on any atom is 0.228 e. The number of rotatable bonds is 6. The molecule has 0 unspecified atom stereocenters. The Morgan fingerprint density at radius 2 is 1.86 bits per heavy atom. The fraction of sp³-hybridized carbons (Fsp3) is 0.391. The van der Waals surface area contributed by atoms with E-state index in [1.165, 1.54) is 5.56 Å². The number of nitrogens with one attached hydrogen (secondary N) is 1. The first-order chi connectivity index (χ1) is 13.5. The van der Waals surface area contributed by atoms with Crippen LogP contribution >= 0.6 is 0 Å². The summed E-state index contributed by atoms with van der Waals surface area (Å²) in [6.07, 6.45) is 1.16. The van der Waals surface area contributed by atoms with Gasteiger partial charge in [0.1, 0.15) is 5.75 Å². The number of carbonyl (C=O) groups excluding carboxylic acids is 2. The first-order valence-electron chi connectivity index (χ1n) is 9.88. The molecule has 1 heterocycles. The highest BCUT2D eigenvalue weighted by atomic mass is 16.5. The maximum absolute atomic E-state index is 12.4. The Morgan fingerprint density at radius 3 is 2.54 bits per heavy atom. The lowest BCUT2D eigenvalue weighted by Crippen LogP contribution is -2.38. The van der Waals surface area contributed by atoms with Crippen molar-refractivity contribution in [2.45, 2.75) is 40.2 Å². The summed E-state index contributed by atoms with van der Waals surface area (Å²) in [5.74, 6) is 0.922. The minimum Gasteiger partial charge on any atom is -0.494 e. The molecule has 0 bridgehead atoms. The van der Waals surface area contributed by atoms with Gasteiger partial charge in [0.15, 0.2) is 0 Å². The van der Waals surface area contributed by atoms with Crippen LogP contribution < -0.4 is 10.1 Å². The van der Waals surface area contributed by atoms with Crippen molar-refractivity contribution >= 4 is 17.5 Å². The molecule has 5 nitrogen and oxygen atoms in total. The topological polar surface area (TPSA) is 58.6 Å². The average molecular weight is 380 g/mol. The molecule has 1 aliphatic heterocycles. The Balaban J connectivity index is 1.62. The lowest BCUT2D eigenvalue weighted by molar-refractivity contribution is -0.135. The van der Waals surface area contributed by atoms with Crippen molar-refractivity contribution in [1.29, 1.82) is 0 Å². The SMILES string of the molecule is CCOc1ccc(CC(=O)Nc2ccc3c(c2)CN(C(=O)C(C)C)CC3)cc1. The van der Waals surface area contributed by atoms with Crippen LogP contribution in [0.2, 0.25) is 0 Å². The van der Waals surface area contributed by atoms with E-state index in [0.29, 0.717) is 19.6 Å². The van der Waals surface area contributed by atoms with E-state index in [-0.39, 0.29) is 17.7 Å². The summed E-state index contributed by atoms with van der Waals surface area (Å²) in [5.41, 5.74) is 4.07. The van der Waals surface area contributed by atoms with Crippen LogP contribution in [0.3, 0.4) is 0 Å². The van der Waals surface area contributed by atoms with Crippen molar-refractivity contribution in [3.8, 4) is 5.75 Å². The second-order valence-electron chi connectivity index (χ2n) is 7.45. The highest BCUT2D eigenvalue weighted by molar-refractivity contribution is 5.92. The lowest BCUT2D eigenvalue weighted by Gasteiger charge is -2.30. The number of benzene rings is 2. The van der Waals surface area contributed by atoms with Gasteiger partial charge in [-0.15, -0.1) is 0 Å². The maximum atomic E-state index is 12.4. The second-order valence-corrected chi connectivity index (χ2v) is 7.45. The van der Waals surface area contributed by atoms with Crippen LogP contribution in [0.4, 0.5) is 5.69 Å². The van der Waals surface area contributed by atoms with Crippen LogP contribution in [-0.2, 0) is 29.0 Å². The van der Waals surface area contributed by atoms with Crippen molar-refractivity contribution in [2.24, 2.45) is 5.92 Å². The van der Waals surface area contributed by atoms with Crippen LogP contribution in [0.15, 0.2) is 42.5 Å². The number of carbonyl (C=O) groups is 2. The predicted octanol–water partition coefficient (Wildman–Crippen LogP) is 3.81. The van der Waals surface area contributed by atoms with Gasteiger partial charge in [0.25, 0.3) is 0 Å². The predicted molar refractivity (Wildman–Crippen MR) is 110 cm³/mol. The quantitative estimate of drug-likeness (QED) is 0.829. The van der Waals surface area contributed by atoms with Gasteiger partial charge in [0.05, 0.1) is 13.0 Å². The van der Waals surface area contributed by atoms with E-state index in [1.807, 2.05) is 62.1 Å². The third-order valence-electron chi connectivity index (χ3n) is 4.91. The zero-order chi connectivity index (χ0) is 20.1. The summed E-state index contributed by atoms with van der Waals surface area (Å²) in [5, 5.41) is 2.97. The number of nitrogens with zero attached hydrogens (tertiary/aromatic N) is 1. The molecule has 3 rings (SSSR count). The molecule has 2 aromatic carbocycles. The van der Waals surface area contributed by atoms with Crippen molar-refractivity contribution < 1.29 is 14.3 Å². The highest BCUT2D eigenvalue weighted by Crippen LogP contribution is 2.24. The van der Waals surface area contributed by atoms with E-state index in [2.05, 4.69) is 11.4 Å². The summed E-state index contributed by atoms with van der Waals surface area (Å²) >= 11 is 0. The van der Waals surface area contributed by atoms with Gasteiger partial charge in [0.2, 0.25) is 11.8 Å². The van der Waals surface area contributed by atoms with E-state index in [9.17, 15) is 9.59 Å². The van der Waals surface area contributed by atoms with Gasteiger partial charge in [0, 0.05) is 24.7 Å². The number of ether oxygens (including phenoxy) is 1. The van der Waals surface area contributed by atoms with Crippen LogP contribution in [-0.4, -0.2) is 29.9 Å². The average Bonchev–Trinajstić information content (AvgIpc) is 2.68. The zero-order valence-electron chi connectivity index (χ0n) is 16.8. The molecule has 0 aromatic heterocycles. The molecule has 0 spiro atoms. The minimum atomic E-state index is -0.0602. The number of hydrogen-bond donors (Lipinski definition) is 1. The van der Waals surface area contributed by atoms with Gasteiger partial charge < -0.3 is 15.0 Å². The number of amides is 2. The summed E-state index contributed by atoms with van der Waals surface area (Å²) in [6, 6.07) is 13.6. The van der Waals surface area contributed by atoms with Gasteiger partial charge in [-0.1, -0.05) is 32.0 Å². The molecule has 5 heteroatoms. The van der Waals surface area contributed by atoms with Gasteiger partial charge >= 0.3 is 0 Å². The molecule has 1 aliphatic rings. The molecule has 0 saturated heterocycles. The molecule has 0 fully saturated rings. The molecule has 0 radical (unpaired) electrons. The van der Waals surface area contributed by atoms with E-state index >= 15 is 0 Å². The molecular weight excluding hydrogens is 352 g/mol. The molecule has 2 amide bonds. The Bertz CT molecular complexity index is 843. The van der Waals surface area contributed by atoms with Crippen LogP contribution in [0.25, 0.3) is 0 Å². The third kappa shape index (κ3) is 4.91. The van der Waals surface area contributed by atoms with Gasteiger partial charge in [-0.25, -0.2) is 0 Å². The van der Waals surface area contributed by atoms with Crippen molar-refractivity contribution in [3.05, 3.63) is 59.2 Å². The number of hydrogen-bond acceptors (Lipinski definition) is 3. The van der Waals surface area contributed by atoms with E-state index in [1.54, 1.807) is 0 Å². The molecular formula is C23H28N2O3. The van der Waals surface area contributed by atoms with Crippen molar-refractivity contribution in [1.82, 2.24) is 4.90 Å². The number of fused-ring (bicyclic) bond motifs is 1. The third-order valence-corrected chi connectivity index (χ3v) is 4.91. The highest BCUT2D eigenvalue weighted by Gasteiger charge is 2.22. The van der Waals surface area contributed by atoms with Crippen LogP contribution in [0.5, 0.6) is 5.75 Å². The molecule has 0 saturated carbocycles. The Morgan fingerprint density at radius 1 is 1.11 bits per heavy atom. The summed E-state index contributed by atoms with van der Waals surface area (Å²) in [7, 11) is 0. The zero-order valence-corrected chi connectivity index (χ0v) is 16.8. The monoisotopic (exact) mass is 380 g/mol. The van der Waals surface area contributed by atoms with E-state index in [0.717, 1.165) is 35.5 Å². The molecule has 28 heavy (non-hydrogen) atoms. The first-order valence-corrected chi connectivity index (χ1v) is 9.88. The van der Waals surface area contributed by atoms with E-state index < -0.39 is 0 Å². The summed E-state index contributed by atoms with van der Waals surface area (Å²) in [4.78, 5) is 26.6. The fourth-order valence-electron chi connectivity index (χ4n) is 3.45. The summed E-state index contributed by atoms with van der Waals surface area (Å²) < 4.78 is 5.43. The van der Waals surface area contributed by atoms with E-state index in [4.69, 9.17) is 4.74 Å². The Hall–Kier alpha value is -2.82. The molecule has 0 aliphatic carbocycles. The molecule has 2 aromatic rings. The molecule has 0 atom stereocenters. The van der Waals surface area contributed by atoms with Crippen LogP contribution in [0, 0.1) is 5.92 Å². The lowest BCUT2D eigenvalue weighted by atomic mass is 9.98. The molecule has 148 valence electrons. The summed E-state index contributed by atoms with van der Waals surface area (Å²) in [6.45, 7) is 7.78. The molecule has 1 N–H and O–H groups in total. The van der Waals surface area contributed by atoms with Crippen LogP contribution in [0.1, 0.15) is 37.5 Å². The fourth-order valence-corrected chi connectivity index (χ4v) is 3.45. The smallest absolute Gasteiger partial charge is 0.228 e. The van der Waals surface area contributed by atoms with Crippen molar-refractivity contribution in [2.75, 3.05) is 18.5 Å². The second kappa shape index (κ2) is 8.91. The van der Waals surface area contributed by atoms with Gasteiger partial charge in [-0.05, 0) is 54.3 Å². The standard InChI is InChI=1S/C23H28N2O3/c1-4-28-21-9-5-17(6-10-21)13-22(26)24-20-8-7-18-11-12-25(15-19(18)14-20)23(27)16(2)3/h5-10,14,16H,4,11-13,15H2,1-3H3,(H,24,26). The first kappa shape index (κ1) is 19.9. The Labute approximate surface area is 166 Å². The number of anilines is 1. The van der Waals surface area contributed by atoms with Gasteiger partial charge in [-0.3, -0.25) is 9.59 Å². The van der Waals surface area contributed by atoms with Gasteiger partial charge in [-0.2, -0.15) is 0 Å². The van der Waals surface area contributed by atoms with Crippen molar-refractivity contribution in [3.63, 3.8) is 0 Å².